The molecule has 0 aliphatic heterocycles. The fourth-order valence-electron chi connectivity index (χ4n) is 1.88. The molecular formula is C17H21N3O3S. The second kappa shape index (κ2) is 9.57. The fourth-order valence-corrected chi connectivity index (χ4v) is 2.01. The third-order valence-electron chi connectivity index (χ3n) is 3.03. The SMILES string of the molecule is CCCOc1ccc(/C=N\NC(=S)NCc2ccco2)cc1OC. The van der Waals surface area contributed by atoms with Gasteiger partial charge < -0.3 is 19.2 Å². The molecule has 0 atom stereocenters. The van der Waals surface area contributed by atoms with Gasteiger partial charge in [-0.05, 0) is 54.5 Å². The van der Waals surface area contributed by atoms with Crippen LogP contribution in [0.1, 0.15) is 24.7 Å². The Labute approximate surface area is 146 Å². The third-order valence-corrected chi connectivity index (χ3v) is 3.27. The van der Waals surface area contributed by atoms with E-state index in [0.29, 0.717) is 24.0 Å². The maximum atomic E-state index is 5.62. The number of thiocarbonyl (C=S) groups is 1. The summed E-state index contributed by atoms with van der Waals surface area (Å²) in [4.78, 5) is 0. The number of nitrogens with zero attached hydrogens (tertiary/aromatic N) is 1. The highest BCUT2D eigenvalue weighted by molar-refractivity contribution is 7.80. The standard InChI is InChI=1S/C17H21N3O3S/c1-3-8-23-15-7-6-13(10-16(15)21-2)11-19-20-17(24)18-12-14-5-4-9-22-14/h4-7,9-11H,3,8,12H2,1-2H3,(H2,18,20,24)/b19-11-. The van der Waals surface area contributed by atoms with Crippen molar-refractivity contribution in [3.63, 3.8) is 0 Å². The quantitative estimate of drug-likeness (QED) is 0.435. The number of hydrogen-bond donors (Lipinski definition) is 2. The lowest BCUT2D eigenvalue weighted by Gasteiger charge is -2.10. The molecule has 128 valence electrons. The zero-order valence-corrected chi connectivity index (χ0v) is 14.6. The maximum Gasteiger partial charge on any atom is 0.187 e. The van der Waals surface area contributed by atoms with E-state index in [4.69, 9.17) is 26.1 Å². The van der Waals surface area contributed by atoms with E-state index >= 15 is 0 Å². The van der Waals surface area contributed by atoms with Crippen LogP contribution >= 0.6 is 12.2 Å². The summed E-state index contributed by atoms with van der Waals surface area (Å²) in [6.45, 7) is 3.22. The molecule has 7 heteroatoms. The van der Waals surface area contributed by atoms with Crippen molar-refractivity contribution in [2.45, 2.75) is 19.9 Å². The van der Waals surface area contributed by atoms with Crippen molar-refractivity contribution in [3.05, 3.63) is 47.9 Å². The van der Waals surface area contributed by atoms with Gasteiger partial charge in [0.15, 0.2) is 16.6 Å². The Bertz CT molecular complexity index is 672. The first-order chi connectivity index (χ1) is 11.7. The van der Waals surface area contributed by atoms with Crippen LogP contribution in [0.3, 0.4) is 0 Å². The van der Waals surface area contributed by atoms with Crippen LogP contribution in [0.15, 0.2) is 46.1 Å². The lowest BCUT2D eigenvalue weighted by molar-refractivity contribution is 0.294. The Kier molecular flexibility index (Phi) is 7.10. The van der Waals surface area contributed by atoms with Crippen molar-refractivity contribution in [3.8, 4) is 11.5 Å². The Morgan fingerprint density at radius 2 is 2.21 bits per heavy atom. The molecule has 2 aromatic rings. The second-order valence-electron chi connectivity index (χ2n) is 4.89. The van der Waals surface area contributed by atoms with Crippen molar-refractivity contribution in [1.29, 1.82) is 0 Å². The zero-order chi connectivity index (χ0) is 17.2. The summed E-state index contributed by atoms with van der Waals surface area (Å²) in [5.41, 5.74) is 3.63. The topological polar surface area (TPSA) is 68.0 Å². The van der Waals surface area contributed by atoms with E-state index in [-0.39, 0.29) is 0 Å². The smallest absolute Gasteiger partial charge is 0.187 e. The molecule has 0 aliphatic carbocycles. The molecular weight excluding hydrogens is 326 g/mol. The minimum Gasteiger partial charge on any atom is -0.493 e. The largest absolute Gasteiger partial charge is 0.493 e. The molecule has 0 fully saturated rings. The molecule has 0 saturated carbocycles. The predicted molar refractivity (Wildman–Crippen MR) is 97.7 cm³/mol. The number of nitrogens with one attached hydrogen (secondary N) is 2. The Balaban J connectivity index is 1.85. The number of methoxy groups -OCH3 is 1. The third kappa shape index (κ3) is 5.58. The van der Waals surface area contributed by atoms with Crippen LogP contribution in [0.2, 0.25) is 0 Å². The molecule has 2 N–H and O–H groups in total. The Morgan fingerprint density at radius 1 is 1.33 bits per heavy atom. The highest BCUT2D eigenvalue weighted by Crippen LogP contribution is 2.27. The lowest BCUT2D eigenvalue weighted by atomic mass is 10.2. The van der Waals surface area contributed by atoms with E-state index in [1.165, 1.54) is 0 Å². The molecule has 1 aromatic carbocycles. The zero-order valence-electron chi connectivity index (χ0n) is 13.7. The molecule has 0 radical (unpaired) electrons. The van der Waals surface area contributed by atoms with Crippen LogP contribution < -0.4 is 20.2 Å². The number of rotatable bonds is 8. The van der Waals surface area contributed by atoms with Crippen LogP contribution in [0.4, 0.5) is 0 Å². The van der Waals surface area contributed by atoms with Gasteiger partial charge in [-0.1, -0.05) is 6.92 Å². The van der Waals surface area contributed by atoms with Gasteiger partial charge in [-0.3, -0.25) is 5.43 Å². The van der Waals surface area contributed by atoms with Crippen molar-refractivity contribution in [2.24, 2.45) is 5.10 Å². The van der Waals surface area contributed by atoms with E-state index < -0.39 is 0 Å². The van der Waals surface area contributed by atoms with Crippen LogP contribution in [-0.2, 0) is 6.54 Å². The number of hydrogen-bond acceptors (Lipinski definition) is 5. The number of ether oxygens (including phenoxy) is 2. The summed E-state index contributed by atoms with van der Waals surface area (Å²) in [7, 11) is 1.61. The molecule has 0 bridgehead atoms. The van der Waals surface area contributed by atoms with Gasteiger partial charge in [0, 0.05) is 0 Å². The van der Waals surface area contributed by atoms with Gasteiger partial charge >= 0.3 is 0 Å². The van der Waals surface area contributed by atoms with Gasteiger partial charge in [0.05, 0.1) is 32.7 Å². The van der Waals surface area contributed by atoms with Crippen molar-refractivity contribution >= 4 is 23.5 Å². The summed E-state index contributed by atoms with van der Waals surface area (Å²) in [5, 5.41) is 7.51. The summed E-state index contributed by atoms with van der Waals surface area (Å²) < 4.78 is 16.2. The second-order valence-corrected chi connectivity index (χ2v) is 5.30. The van der Waals surface area contributed by atoms with Gasteiger partial charge in [0.1, 0.15) is 5.76 Å². The molecule has 0 amide bonds. The van der Waals surface area contributed by atoms with Crippen LogP contribution in [0.5, 0.6) is 11.5 Å². The molecule has 1 heterocycles. The molecule has 0 spiro atoms. The molecule has 0 aliphatic rings. The lowest BCUT2D eigenvalue weighted by Crippen LogP contribution is -2.31. The van der Waals surface area contributed by atoms with Crippen molar-refractivity contribution in [1.82, 2.24) is 10.7 Å². The van der Waals surface area contributed by atoms with Crippen molar-refractivity contribution in [2.75, 3.05) is 13.7 Å². The van der Waals surface area contributed by atoms with Gasteiger partial charge in [0.25, 0.3) is 0 Å². The number of hydrazone groups is 1. The summed E-state index contributed by atoms with van der Waals surface area (Å²) in [5.74, 6) is 2.20. The molecule has 0 saturated heterocycles. The minimum atomic E-state index is 0.414. The first-order valence-electron chi connectivity index (χ1n) is 7.63. The fraction of sp³-hybridized carbons (Fsp3) is 0.294. The minimum absolute atomic E-state index is 0.414. The van der Waals surface area contributed by atoms with E-state index in [9.17, 15) is 0 Å². The number of furan rings is 1. The van der Waals surface area contributed by atoms with Gasteiger partial charge in [-0.25, -0.2) is 0 Å². The van der Waals surface area contributed by atoms with E-state index in [2.05, 4.69) is 22.8 Å². The summed E-state index contributed by atoms with van der Waals surface area (Å²) in [6, 6.07) is 9.32. The summed E-state index contributed by atoms with van der Waals surface area (Å²) >= 11 is 5.14. The summed E-state index contributed by atoms with van der Waals surface area (Å²) in [6.07, 6.45) is 4.22. The van der Waals surface area contributed by atoms with Gasteiger partial charge in [-0.15, -0.1) is 0 Å². The highest BCUT2D eigenvalue weighted by Gasteiger charge is 2.04. The van der Waals surface area contributed by atoms with Crippen LogP contribution in [0, 0.1) is 0 Å². The van der Waals surface area contributed by atoms with E-state index in [1.807, 2.05) is 30.3 Å². The van der Waals surface area contributed by atoms with Crippen LogP contribution in [-0.4, -0.2) is 25.0 Å². The van der Waals surface area contributed by atoms with Gasteiger partial charge in [-0.2, -0.15) is 5.10 Å². The average molecular weight is 347 g/mol. The van der Waals surface area contributed by atoms with Gasteiger partial charge in [0.2, 0.25) is 0 Å². The molecule has 2 rings (SSSR count). The van der Waals surface area contributed by atoms with Crippen LogP contribution in [0.25, 0.3) is 0 Å². The molecule has 6 nitrogen and oxygen atoms in total. The van der Waals surface area contributed by atoms with E-state index in [1.54, 1.807) is 19.6 Å². The Hall–Kier alpha value is -2.54. The van der Waals surface area contributed by atoms with Crippen molar-refractivity contribution < 1.29 is 13.9 Å². The average Bonchev–Trinajstić information content (AvgIpc) is 3.12. The first kappa shape index (κ1) is 17.8. The number of benzene rings is 1. The highest BCUT2D eigenvalue weighted by atomic mass is 32.1. The first-order valence-corrected chi connectivity index (χ1v) is 8.04. The molecule has 24 heavy (non-hydrogen) atoms. The molecule has 0 unspecified atom stereocenters. The maximum absolute atomic E-state index is 5.62. The Morgan fingerprint density at radius 3 is 2.92 bits per heavy atom. The normalized spacial score (nSPS) is 10.6. The monoisotopic (exact) mass is 347 g/mol. The van der Waals surface area contributed by atoms with E-state index in [0.717, 1.165) is 23.5 Å². The molecule has 1 aromatic heterocycles. The predicted octanol–water partition coefficient (Wildman–Crippen LogP) is 3.08.